The zero-order valence-electron chi connectivity index (χ0n) is 12.4. The van der Waals surface area contributed by atoms with Gasteiger partial charge in [-0.1, -0.05) is 19.3 Å². The van der Waals surface area contributed by atoms with E-state index in [4.69, 9.17) is 0 Å². The molecule has 0 amide bonds. The molecule has 3 rings (SSSR count). The van der Waals surface area contributed by atoms with E-state index in [2.05, 4.69) is 5.32 Å². The van der Waals surface area contributed by atoms with Crippen molar-refractivity contribution in [1.29, 1.82) is 0 Å². The molecule has 0 radical (unpaired) electrons. The van der Waals surface area contributed by atoms with Crippen molar-refractivity contribution in [3.05, 3.63) is 0 Å². The van der Waals surface area contributed by atoms with Crippen LogP contribution in [0.1, 0.15) is 70.6 Å². The second kappa shape index (κ2) is 6.13. The number of nitrogens with one attached hydrogen (secondary N) is 1. The van der Waals surface area contributed by atoms with E-state index in [0.717, 1.165) is 23.9 Å². The maximum absolute atomic E-state index is 9.39. The molecule has 3 saturated carbocycles. The summed E-state index contributed by atoms with van der Waals surface area (Å²) in [6, 6.07) is 0.770. The van der Waals surface area contributed by atoms with Crippen LogP contribution in [0.25, 0.3) is 0 Å². The van der Waals surface area contributed by atoms with E-state index in [1.54, 1.807) is 0 Å². The number of aliphatic hydroxyl groups is 1. The second-order valence-electron chi connectivity index (χ2n) is 7.52. The van der Waals surface area contributed by atoms with E-state index in [1.165, 1.54) is 70.6 Å². The van der Waals surface area contributed by atoms with Crippen molar-refractivity contribution >= 4 is 0 Å². The first-order valence-corrected chi connectivity index (χ1v) is 8.66. The van der Waals surface area contributed by atoms with Crippen LogP contribution in [0.2, 0.25) is 0 Å². The van der Waals surface area contributed by atoms with Gasteiger partial charge in [0.1, 0.15) is 0 Å². The first kappa shape index (κ1) is 13.9. The first-order valence-electron chi connectivity index (χ1n) is 8.66. The average Bonchev–Trinajstić information content (AvgIpc) is 3.07. The standard InChI is InChI=1S/C17H31NO/c19-13-15-5-3-4-14(15)12-18-16-6-10-17(11-7-16)8-1-2-9-17/h14-16,18-19H,1-13H2. The van der Waals surface area contributed by atoms with E-state index in [9.17, 15) is 5.11 Å². The van der Waals surface area contributed by atoms with E-state index in [1.807, 2.05) is 0 Å². The normalized spacial score (nSPS) is 35.2. The highest BCUT2D eigenvalue weighted by Crippen LogP contribution is 2.48. The fourth-order valence-electron chi connectivity index (χ4n) is 5.00. The highest BCUT2D eigenvalue weighted by Gasteiger charge is 2.37. The fraction of sp³-hybridized carbons (Fsp3) is 1.00. The molecule has 0 aromatic rings. The van der Waals surface area contributed by atoms with Crippen LogP contribution in [-0.2, 0) is 0 Å². The number of aliphatic hydroxyl groups excluding tert-OH is 1. The molecule has 2 N–H and O–H groups in total. The molecule has 0 bridgehead atoms. The number of rotatable bonds is 4. The highest BCUT2D eigenvalue weighted by atomic mass is 16.3. The van der Waals surface area contributed by atoms with Gasteiger partial charge in [0.25, 0.3) is 0 Å². The Morgan fingerprint density at radius 2 is 1.53 bits per heavy atom. The molecule has 2 unspecified atom stereocenters. The summed E-state index contributed by atoms with van der Waals surface area (Å²) in [4.78, 5) is 0. The van der Waals surface area contributed by atoms with Gasteiger partial charge in [0.2, 0.25) is 0 Å². The summed E-state index contributed by atoms with van der Waals surface area (Å²) >= 11 is 0. The summed E-state index contributed by atoms with van der Waals surface area (Å²) in [6.45, 7) is 1.56. The van der Waals surface area contributed by atoms with Crippen LogP contribution in [-0.4, -0.2) is 24.3 Å². The lowest BCUT2D eigenvalue weighted by atomic mass is 9.71. The monoisotopic (exact) mass is 265 g/mol. The third-order valence-electron chi connectivity index (χ3n) is 6.43. The molecule has 19 heavy (non-hydrogen) atoms. The van der Waals surface area contributed by atoms with Gasteiger partial charge in [-0.15, -0.1) is 0 Å². The predicted molar refractivity (Wildman–Crippen MR) is 79.1 cm³/mol. The maximum Gasteiger partial charge on any atom is 0.0462 e. The first-order chi connectivity index (χ1) is 9.31. The molecule has 2 nitrogen and oxygen atoms in total. The molecule has 3 fully saturated rings. The van der Waals surface area contributed by atoms with Gasteiger partial charge < -0.3 is 10.4 Å². The van der Waals surface area contributed by atoms with E-state index in [-0.39, 0.29) is 0 Å². The molecule has 1 spiro atoms. The van der Waals surface area contributed by atoms with Gasteiger partial charge in [-0.25, -0.2) is 0 Å². The Labute approximate surface area is 118 Å². The van der Waals surface area contributed by atoms with Crippen molar-refractivity contribution in [1.82, 2.24) is 5.32 Å². The molecule has 0 heterocycles. The van der Waals surface area contributed by atoms with E-state index < -0.39 is 0 Å². The Kier molecular flexibility index (Phi) is 4.48. The lowest BCUT2D eigenvalue weighted by Gasteiger charge is -2.38. The van der Waals surface area contributed by atoms with Gasteiger partial charge in [-0.3, -0.25) is 0 Å². The van der Waals surface area contributed by atoms with Crippen LogP contribution in [0, 0.1) is 17.3 Å². The molecule has 0 aliphatic heterocycles. The van der Waals surface area contributed by atoms with Crippen molar-refractivity contribution in [2.75, 3.05) is 13.2 Å². The molecule has 0 saturated heterocycles. The molecule has 110 valence electrons. The molecule has 0 aromatic heterocycles. The van der Waals surface area contributed by atoms with Crippen LogP contribution in [0.15, 0.2) is 0 Å². The van der Waals surface area contributed by atoms with Crippen molar-refractivity contribution < 1.29 is 5.11 Å². The Bertz CT molecular complexity index is 275. The zero-order chi connectivity index (χ0) is 13.1. The lowest BCUT2D eigenvalue weighted by molar-refractivity contribution is 0.156. The zero-order valence-corrected chi connectivity index (χ0v) is 12.4. The quantitative estimate of drug-likeness (QED) is 0.815. The second-order valence-corrected chi connectivity index (χ2v) is 7.52. The maximum atomic E-state index is 9.39. The average molecular weight is 265 g/mol. The van der Waals surface area contributed by atoms with E-state index in [0.29, 0.717) is 12.5 Å². The number of hydrogen-bond donors (Lipinski definition) is 2. The topological polar surface area (TPSA) is 32.3 Å². The van der Waals surface area contributed by atoms with Crippen molar-refractivity contribution in [2.24, 2.45) is 17.3 Å². The molecule has 2 heteroatoms. The van der Waals surface area contributed by atoms with E-state index >= 15 is 0 Å². The van der Waals surface area contributed by atoms with Crippen molar-refractivity contribution in [3.8, 4) is 0 Å². The van der Waals surface area contributed by atoms with Gasteiger partial charge in [0.05, 0.1) is 0 Å². The van der Waals surface area contributed by atoms with Gasteiger partial charge in [-0.05, 0) is 75.2 Å². The Morgan fingerprint density at radius 3 is 2.21 bits per heavy atom. The molecule has 0 aromatic carbocycles. The Balaban J connectivity index is 1.40. The van der Waals surface area contributed by atoms with Gasteiger partial charge in [0, 0.05) is 12.6 Å². The van der Waals surface area contributed by atoms with Crippen LogP contribution in [0.3, 0.4) is 0 Å². The third kappa shape index (κ3) is 3.16. The summed E-state index contributed by atoms with van der Waals surface area (Å²) in [5, 5.41) is 13.2. The minimum absolute atomic E-state index is 0.403. The summed E-state index contributed by atoms with van der Waals surface area (Å²) in [5.41, 5.74) is 0.763. The summed E-state index contributed by atoms with van der Waals surface area (Å²) < 4.78 is 0. The predicted octanol–water partition coefficient (Wildman–Crippen LogP) is 3.49. The van der Waals surface area contributed by atoms with Crippen LogP contribution < -0.4 is 5.32 Å². The largest absolute Gasteiger partial charge is 0.396 e. The third-order valence-corrected chi connectivity index (χ3v) is 6.43. The van der Waals surface area contributed by atoms with Gasteiger partial charge >= 0.3 is 0 Å². The summed E-state index contributed by atoms with van der Waals surface area (Å²) in [7, 11) is 0. The van der Waals surface area contributed by atoms with Crippen LogP contribution in [0.4, 0.5) is 0 Å². The highest BCUT2D eigenvalue weighted by molar-refractivity contribution is 4.91. The molecule has 3 aliphatic rings. The minimum Gasteiger partial charge on any atom is -0.396 e. The Hall–Kier alpha value is -0.0800. The lowest BCUT2D eigenvalue weighted by Crippen LogP contribution is -2.39. The Morgan fingerprint density at radius 1 is 0.842 bits per heavy atom. The van der Waals surface area contributed by atoms with Gasteiger partial charge in [-0.2, -0.15) is 0 Å². The molecule has 3 aliphatic carbocycles. The van der Waals surface area contributed by atoms with Crippen molar-refractivity contribution in [2.45, 2.75) is 76.7 Å². The number of hydrogen-bond acceptors (Lipinski definition) is 2. The molecule has 2 atom stereocenters. The van der Waals surface area contributed by atoms with Crippen LogP contribution in [0.5, 0.6) is 0 Å². The minimum atomic E-state index is 0.403. The summed E-state index contributed by atoms with van der Waals surface area (Å²) in [5.74, 6) is 1.32. The van der Waals surface area contributed by atoms with Gasteiger partial charge in [0.15, 0.2) is 0 Å². The SMILES string of the molecule is OCC1CCCC1CNC1CCC2(CCCC2)CC1. The fourth-order valence-corrected chi connectivity index (χ4v) is 5.00. The summed E-state index contributed by atoms with van der Waals surface area (Å²) in [6.07, 6.45) is 15.6. The van der Waals surface area contributed by atoms with Crippen LogP contribution >= 0.6 is 0 Å². The smallest absolute Gasteiger partial charge is 0.0462 e. The molecular weight excluding hydrogens is 234 g/mol. The molecular formula is C17H31NO. The van der Waals surface area contributed by atoms with Crippen molar-refractivity contribution in [3.63, 3.8) is 0 Å².